The Morgan fingerprint density at radius 2 is 2.07 bits per heavy atom. The lowest BCUT2D eigenvalue weighted by atomic mass is 9.80. The van der Waals surface area contributed by atoms with E-state index in [4.69, 9.17) is 4.74 Å². The maximum absolute atomic E-state index is 9.59. The zero-order chi connectivity index (χ0) is 10.7. The van der Waals surface area contributed by atoms with Crippen LogP contribution in [-0.4, -0.2) is 18.8 Å². The van der Waals surface area contributed by atoms with E-state index in [1.165, 1.54) is 18.4 Å². The van der Waals surface area contributed by atoms with E-state index in [1.807, 2.05) is 12.1 Å². The topological polar surface area (TPSA) is 29.5 Å². The van der Waals surface area contributed by atoms with Crippen LogP contribution in [0.4, 0.5) is 0 Å². The maximum Gasteiger partial charge on any atom is 0.119 e. The van der Waals surface area contributed by atoms with Gasteiger partial charge < -0.3 is 9.84 Å². The fourth-order valence-corrected chi connectivity index (χ4v) is 2.54. The molecule has 1 saturated carbocycles. The minimum Gasteiger partial charge on any atom is -0.497 e. The first-order valence-electron chi connectivity index (χ1n) is 5.56. The van der Waals surface area contributed by atoms with E-state index in [0.717, 1.165) is 18.6 Å². The average Bonchev–Trinajstić information content (AvgIpc) is 2.79. The molecule has 15 heavy (non-hydrogen) atoms. The van der Waals surface area contributed by atoms with Crippen molar-refractivity contribution in [2.24, 2.45) is 0 Å². The lowest BCUT2D eigenvalue weighted by Crippen LogP contribution is -2.26. The van der Waals surface area contributed by atoms with Gasteiger partial charge >= 0.3 is 0 Å². The Kier molecular flexibility index (Phi) is 2.96. The summed E-state index contributed by atoms with van der Waals surface area (Å²) in [6.45, 7) is 0.250. The molecule has 1 aromatic carbocycles. The number of methoxy groups -OCH3 is 1. The van der Waals surface area contributed by atoms with E-state index in [1.54, 1.807) is 7.11 Å². The van der Waals surface area contributed by atoms with E-state index < -0.39 is 0 Å². The lowest BCUT2D eigenvalue weighted by Gasteiger charge is -2.27. The van der Waals surface area contributed by atoms with Crippen molar-refractivity contribution in [1.29, 1.82) is 0 Å². The Morgan fingerprint density at radius 3 is 2.67 bits per heavy atom. The van der Waals surface area contributed by atoms with Crippen LogP contribution in [0.25, 0.3) is 0 Å². The van der Waals surface area contributed by atoms with Crippen molar-refractivity contribution in [2.75, 3.05) is 13.7 Å². The summed E-state index contributed by atoms with van der Waals surface area (Å²) in [7, 11) is 1.68. The second-order valence-electron chi connectivity index (χ2n) is 4.38. The minimum atomic E-state index is -0.00542. The molecule has 82 valence electrons. The summed E-state index contributed by atoms with van der Waals surface area (Å²) < 4.78 is 5.22. The predicted octanol–water partition coefficient (Wildman–Crippen LogP) is 2.50. The molecule has 1 N–H and O–H groups in total. The molecule has 0 radical (unpaired) electrons. The van der Waals surface area contributed by atoms with Gasteiger partial charge in [-0.15, -0.1) is 0 Å². The van der Waals surface area contributed by atoms with Gasteiger partial charge in [-0.2, -0.15) is 0 Å². The zero-order valence-corrected chi connectivity index (χ0v) is 9.20. The maximum atomic E-state index is 9.59. The molecule has 2 nitrogen and oxygen atoms in total. The van der Waals surface area contributed by atoms with Crippen molar-refractivity contribution >= 4 is 0 Å². The molecular weight excluding hydrogens is 188 g/mol. The molecule has 2 rings (SSSR count). The molecule has 0 saturated heterocycles. The summed E-state index contributed by atoms with van der Waals surface area (Å²) in [4.78, 5) is 0. The number of hydrogen-bond donors (Lipinski definition) is 1. The normalized spacial score (nSPS) is 19.1. The summed E-state index contributed by atoms with van der Waals surface area (Å²) in [5, 5.41) is 9.59. The van der Waals surface area contributed by atoms with Gasteiger partial charge in [-0.1, -0.05) is 25.0 Å². The Labute approximate surface area is 90.9 Å². The van der Waals surface area contributed by atoms with Crippen LogP contribution < -0.4 is 4.74 Å². The number of benzene rings is 1. The van der Waals surface area contributed by atoms with Crippen LogP contribution >= 0.6 is 0 Å². The van der Waals surface area contributed by atoms with Crippen LogP contribution in [-0.2, 0) is 5.41 Å². The van der Waals surface area contributed by atoms with Crippen molar-refractivity contribution in [1.82, 2.24) is 0 Å². The monoisotopic (exact) mass is 206 g/mol. The van der Waals surface area contributed by atoms with Gasteiger partial charge in [0.15, 0.2) is 0 Å². The van der Waals surface area contributed by atoms with Crippen molar-refractivity contribution in [2.45, 2.75) is 31.1 Å². The molecule has 0 bridgehead atoms. The highest BCUT2D eigenvalue weighted by Gasteiger charge is 2.34. The standard InChI is InChI=1S/C13H18O2/c1-15-12-6-4-5-11(9-12)13(10-14)7-2-3-8-13/h4-6,9,14H,2-3,7-8,10H2,1H3. The summed E-state index contributed by atoms with van der Waals surface area (Å²) in [5.74, 6) is 0.882. The van der Waals surface area contributed by atoms with E-state index in [-0.39, 0.29) is 12.0 Å². The molecule has 0 amide bonds. The van der Waals surface area contributed by atoms with Gasteiger partial charge in [0, 0.05) is 5.41 Å². The molecule has 0 spiro atoms. The average molecular weight is 206 g/mol. The van der Waals surface area contributed by atoms with Gasteiger partial charge in [0.25, 0.3) is 0 Å². The lowest BCUT2D eigenvalue weighted by molar-refractivity contribution is 0.195. The Hall–Kier alpha value is -1.02. The molecule has 0 aliphatic heterocycles. The third kappa shape index (κ3) is 1.86. The molecule has 0 atom stereocenters. The van der Waals surface area contributed by atoms with Crippen LogP contribution in [0.3, 0.4) is 0 Å². The fraction of sp³-hybridized carbons (Fsp3) is 0.538. The highest BCUT2D eigenvalue weighted by molar-refractivity contribution is 5.34. The van der Waals surface area contributed by atoms with Crippen LogP contribution in [0.1, 0.15) is 31.2 Å². The van der Waals surface area contributed by atoms with Crippen LogP contribution in [0.5, 0.6) is 5.75 Å². The number of hydrogen-bond acceptors (Lipinski definition) is 2. The van der Waals surface area contributed by atoms with Crippen LogP contribution in [0, 0.1) is 0 Å². The Balaban J connectivity index is 2.33. The summed E-state index contributed by atoms with van der Waals surface area (Å²) in [5.41, 5.74) is 1.22. The quantitative estimate of drug-likeness (QED) is 0.823. The van der Waals surface area contributed by atoms with Gasteiger partial charge in [-0.3, -0.25) is 0 Å². The molecule has 2 heteroatoms. The van der Waals surface area contributed by atoms with Gasteiger partial charge in [0.1, 0.15) is 5.75 Å². The van der Waals surface area contributed by atoms with E-state index in [9.17, 15) is 5.11 Å². The van der Waals surface area contributed by atoms with E-state index >= 15 is 0 Å². The van der Waals surface area contributed by atoms with Crippen molar-refractivity contribution in [3.63, 3.8) is 0 Å². The second-order valence-corrected chi connectivity index (χ2v) is 4.38. The van der Waals surface area contributed by atoms with Gasteiger partial charge in [0.05, 0.1) is 13.7 Å². The minimum absolute atomic E-state index is 0.00542. The van der Waals surface area contributed by atoms with E-state index in [0.29, 0.717) is 0 Å². The Morgan fingerprint density at radius 1 is 1.33 bits per heavy atom. The molecule has 1 fully saturated rings. The molecular formula is C13H18O2. The molecule has 0 heterocycles. The first-order valence-corrected chi connectivity index (χ1v) is 5.56. The highest BCUT2D eigenvalue weighted by Crippen LogP contribution is 2.41. The smallest absolute Gasteiger partial charge is 0.119 e. The van der Waals surface area contributed by atoms with Crippen LogP contribution in [0.2, 0.25) is 0 Å². The number of aliphatic hydroxyl groups excluding tert-OH is 1. The van der Waals surface area contributed by atoms with Gasteiger partial charge in [-0.25, -0.2) is 0 Å². The SMILES string of the molecule is COc1cccc(C2(CO)CCCC2)c1. The molecule has 1 aliphatic rings. The number of rotatable bonds is 3. The van der Waals surface area contributed by atoms with Gasteiger partial charge in [-0.05, 0) is 30.5 Å². The molecule has 0 unspecified atom stereocenters. The first-order chi connectivity index (χ1) is 7.30. The van der Waals surface area contributed by atoms with Crippen molar-refractivity contribution < 1.29 is 9.84 Å². The summed E-state index contributed by atoms with van der Waals surface area (Å²) in [6.07, 6.45) is 4.63. The van der Waals surface area contributed by atoms with Crippen LogP contribution in [0.15, 0.2) is 24.3 Å². The molecule has 1 aliphatic carbocycles. The summed E-state index contributed by atoms with van der Waals surface area (Å²) in [6, 6.07) is 8.11. The fourth-order valence-electron chi connectivity index (χ4n) is 2.54. The van der Waals surface area contributed by atoms with Gasteiger partial charge in [0.2, 0.25) is 0 Å². The largest absolute Gasteiger partial charge is 0.497 e. The number of ether oxygens (including phenoxy) is 1. The van der Waals surface area contributed by atoms with E-state index in [2.05, 4.69) is 12.1 Å². The third-order valence-electron chi connectivity index (χ3n) is 3.55. The van der Waals surface area contributed by atoms with Crippen molar-refractivity contribution in [3.8, 4) is 5.75 Å². The number of aliphatic hydroxyl groups is 1. The summed E-state index contributed by atoms with van der Waals surface area (Å²) >= 11 is 0. The second kappa shape index (κ2) is 4.23. The third-order valence-corrected chi connectivity index (χ3v) is 3.55. The van der Waals surface area contributed by atoms with Crippen molar-refractivity contribution in [3.05, 3.63) is 29.8 Å². The predicted molar refractivity (Wildman–Crippen MR) is 60.2 cm³/mol. The molecule has 0 aromatic heterocycles. The highest BCUT2D eigenvalue weighted by atomic mass is 16.5. The molecule has 1 aromatic rings. The first kappa shape index (κ1) is 10.5. The zero-order valence-electron chi connectivity index (χ0n) is 9.20. The Bertz CT molecular complexity index is 327.